The monoisotopic (exact) mass is 369 g/mol. The first-order valence-corrected chi connectivity index (χ1v) is 9.02. The lowest BCUT2D eigenvalue weighted by atomic mass is 10.2. The predicted molar refractivity (Wildman–Crippen MR) is 97.6 cm³/mol. The van der Waals surface area contributed by atoms with Crippen LogP contribution in [-0.2, 0) is 10.5 Å². The summed E-state index contributed by atoms with van der Waals surface area (Å²) >= 11 is 13.2. The summed E-state index contributed by atoms with van der Waals surface area (Å²) in [4.78, 5) is 11.7. The number of rotatable bonds is 8. The Morgan fingerprint density at radius 2 is 1.61 bits per heavy atom. The average molecular weight is 370 g/mol. The minimum Gasteiger partial charge on any atom is -0.492 e. The highest BCUT2D eigenvalue weighted by Gasteiger charge is 2.02. The Morgan fingerprint density at radius 1 is 1.00 bits per heavy atom. The van der Waals surface area contributed by atoms with Crippen LogP contribution >= 0.6 is 35.0 Å². The van der Waals surface area contributed by atoms with Crippen molar-refractivity contribution in [3.8, 4) is 5.75 Å². The minimum atomic E-state index is 0.00340. The molecule has 23 heavy (non-hydrogen) atoms. The smallest absolute Gasteiger partial charge is 0.230 e. The summed E-state index contributed by atoms with van der Waals surface area (Å²) in [7, 11) is 0. The lowest BCUT2D eigenvalue weighted by Gasteiger charge is -2.08. The minimum absolute atomic E-state index is 0.00340. The van der Waals surface area contributed by atoms with Crippen molar-refractivity contribution in [2.45, 2.75) is 5.75 Å². The number of amides is 1. The van der Waals surface area contributed by atoms with E-state index >= 15 is 0 Å². The van der Waals surface area contributed by atoms with Crippen LogP contribution in [0.3, 0.4) is 0 Å². The Kier molecular flexibility index (Phi) is 7.59. The van der Waals surface area contributed by atoms with Crippen LogP contribution in [0.5, 0.6) is 5.75 Å². The molecule has 0 saturated carbocycles. The van der Waals surface area contributed by atoms with Crippen molar-refractivity contribution in [2.75, 3.05) is 18.9 Å². The Balaban J connectivity index is 1.56. The first-order valence-electron chi connectivity index (χ1n) is 7.11. The molecule has 122 valence electrons. The fraction of sp³-hybridized carbons (Fsp3) is 0.235. The average Bonchev–Trinajstić information content (AvgIpc) is 2.55. The number of thioether (sulfide) groups is 1. The van der Waals surface area contributed by atoms with Gasteiger partial charge in [0.1, 0.15) is 12.4 Å². The fourth-order valence-electron chi connectivity index (χ4n) is 1.78. The van der Waals surface area contributed by atoms with Gasteiger partial charge in [-0.25, -0.2) is 0 Å². The standard InChI is InChI=1S/C17H17Cl2NO2S/c18-14-3-1-13(2-4-14)11-23-12-17(21)20-9-10-22-16-7-5-15(19)6-8-16/h1-8H,9-12H2,(H,20,21). The summed E-state index contributed by atoms with van der Waals surface area (Å²) in [5, 5.41) is 4.22. The van der Waals surface area contributed by atoms with Gasteiger partial charge in [-0.05, 0) is 42.0 Å². The molecule has 2 aromatic rings. The number of carbonyl (C=O) groups is 1. The van der Waals surface area contributed by atoms with Gasteiger partial charge in [-0.3, -0.25) is 4.79 Å². The van der Waals surface area contributed by atoms with E-state index in [0.29, 0.717) is 23.9 Å². The summed E-state index contributed by atoms with van der Waals surface area (Å²) in [6.45, 7) is 0.901. The van der Waals surface area contributed by atoms with E-state index in [0.717, 1.165) is 22.1 Å². The van der Waals surface area contributed by atoms with Gasteiger partial charge in [-0.2, -0.15) is 0 Å². The third kappa shape index (κ3) is 7.16. The normalized spacial score (nSPS) is 10.3. The topological polar surface area (TPSA) is 38.3 Å². The van der Waals surface area contributed by atoms with Gasteiger partial charge in [0.05, 0.1) is 12.3 Å². The number of benzene rings is 2. The number of carbonyl (C=O) groups excluding carboxylic acids is 1. The molecule has 0 bridgehead atoms. The number of halogens is 2. The molecule has 0 fully saturated rings. The van der Waals surface area contributed by atoms with Crippen molar-refractivity contribution in [1.82, 2.24) is 5.32 Å². The third-order valence-electron chi connectivity index (χ3n) is 2.92. The number of nitrogens with one attached hydrogen (secondary N) is 1. The van der Waals surface area contributed by atoms with Crippen LogP contribution < -0.4 is 10.1 Å². The van der Waals surface area contributed by atoms with E-state index in [4.69, 9.17) is 27.9 Å². The molecular weight excluding hydrogens is 353 g/mol. The van der Waals surface area contributed by atoms with Crippen molar-refractivity contribution in [2.24, 2.45) is 0 Å². The van der Waals surface area contributed by atoms with Gasteiger partial charge in [0.15, 0.2) is 0 Å². The molecule has 0 spiro atoms. The summed E-state index contributed by atoms with van der Waals surface area (Å²) in [5.74, 6) is 1.94. The molecule has 0 radical (unpaired) electrons. The van der Waals surface area contributed by atoms with Gasteiger partial charge < -0.3 is 10.1 Å². The van der Waals surface area contributed by atoms with Crippen molar-refractivity contribution in [3.05, 3.63) is 64.1 Å². The van der Waals surface area contributed by atoms with Crippen LogP contribution in [0.4, 0.5) is 0 Å². The van der Waals surface area contributed by atoms with E-state index in [-0.39, 0.29) is 5.91 Å². The molecular formula is C17H17Cl2NO2S. The summed E-state index contributed by atoms with van der Waals surface area (Å²) in [5.41, 5.74) is 1.15. The first kappa shape index (κ1) is 18.0. The van der Waals surface area contributed by atoms with E-state index in [9.17, 15) is 4.79 Å². The lowest BCUT2D eigenvalue weighted by molar-refractivity contribution is -0.118. The molecule has 2 rings (SSSR count). The van der Waals surface area contributed by atoms with E-state index < -0.39 is 0 Å². The second-order valence-corrected chi connectivity index (χ2v) is 6.63. The van der Waals surface area contributed by atoms with Gasteiger partial charge in [0, 0.05) is 15.8 Å². The predicted octanol–water partition coefficient (Wildman–Crippen LogP) is 4.42. The Morgan fingerprint density at radius 3 is 2.26 bits per heavy atom. The van der Waals surface area contributed by atoms with Crippen LogP contribution in [0.15, 0.2) is 48.5 Å². The zero-order valence-corrected chi connectivity index (χ0v) is 14.8. The quantitative estimate of drug-likeness (QED) is 0.699. The number of hydrogen-bond acceptors (Lipinski definition) is 3. The third-order valence-corrected chi connectivity index (χ3v) is 4.43. The molecule has 6 heteroatoms. The van der Waals surface area contributed by atoms with E-state index in [1.807, 2.05) is 24.3 Å². The van der Waals surface area contributed by atoms with Crippen molar-refractivity contribution in [3.63, 3.8) is 0 Å². The summed E-state index contributed by atoms with van der Waals surface area (Å²) < 4.78 is 5.50. The molecule has 0 aliphatic carbocycles. The fourth-order valence-corrected chi connectivity index (χ4v) is 2.85. The van der Waals surface area contributed by atoms with Gasteiger partial charge >= 0.3 is 0 Å². The van der Waals surface area contributed by atoms with Crippen molar-refractivity contribution in [1.29, 1.82) is 0 Å². The molecule has 0 aliphatic rings. The highest BCUT2D eigenvalue weighted by atomic mass is 35.5. The summed E-state index contributed by atoms with van der Waals surface area (Å²) in [6.07, 6.45) is 0. The molecule has 0 saturated heterocycles. The van der Waals surface area contributed by atoms with Gasteiger partial charge in [0.2, 0.25) is 5.91 Å². The Hall–Kier alpha value is -1.36. The summed E-state index contributed by atoms with van der Waals surface area (Å²) in [6, 6.07) is 14.8. The highest BCUT2D eigenvalue weighted by Crippen LogP contribution is 2.16. The maximum absolute atomic E-state index is 11.7. The molecule has 0 heterocycles. The number of hydrogen-bond donors (Lipinski definition) is 1. The zero-order chi connectivity index (χ0) is 16.5. The molecule has 1 N–H and O–H groups in total. The molecule has 0 atom stereocenters. The molecule has 2 aromatic carbocycles. The second-order valence-electron chi connectivity index (χ2n) is 4.77. The molecule has 0 unspecified atom stereocenters. The molecule has 0 aliphatic heterocycles. The molecule has 3 nitrogen and oxygen atoms in total. The number of ether oxygens (including phenoxy) is 1. The molecule has 1 amide bonds. The maximum Gasteiger partial charge on any atom is 0.230 e. The first-order chi connectivity index (χ1) is 11.1. The van der Waals surface area contributed by atoms with Gasteiger partial charge in [-0.1, -0.05) is 35.3 Å². The van der Waals surface area contributed by atoms with E-state index in [2.05, 4.69) is 5.32 Å². The lowest BCUT2D eigenvalue weighted by Crippen LogP contribution is -2.29. The zero-order valence-electron chi connectivity index (χ0n) is 12.4. The van der Waals surface area contributed by atoms with Crippen LogP contribution in [0.25, 0.3) is 0 Å². The second kappa shape index (κ2) is 9.71. The van der Waals surface area contributed by atoms with Crippen LogP contribution in [0.2, 0.25) is 10.0 Å². The Bertz CT molecular complexity index is 617. The van der Waals surface area contributed by atoms with E-state index in [1.54, 1.807) is 36.0 Å². The highest BCUT2D eigenvalue weighted by molar-refractivity contribution is 7.99. The maximum atomic E-state index is 11.7. The van der Waals surface area contributed by atoms with Gasteiger partial charge in [-0.15, -0.1) is 11.8 Å². The van der Waals surface area contributed by atoms with Crippen LogP contribution in [0.1, 0.15) is 5.56 Å². The van der Waals surface area contributed by atoms with Crippen molar-refractivity contribution >= 4 is 40.9 Å². The largest absolute Gasteiger partial charge is 0.492 e. The van der Waals surface area contributed by atoms with Crippen molar-refractivity contribution < 1.29 is 9.53 Å². The molecule has 0 aromatic heterocycles. The van der Waals surface area contributed by atoms with Crippen LogP contribution in [-0.4, -0.2) is 24.8 Å². The van der Waals surface area contributed by atoms with E-state index in [1.165, 1.54) is 0 Å². The SMILES string of the molecule is O=C(CSCc1ccc(Cl)cc1)NCCOc1ccc(Cl)cc1. The van der Waals surface area contributed by atoms with Crippen LogP contribution in [0, 0.1) is 0 Å². The Labute approximate surface area is 150 Å². The van der Waals surface area contributed by atoms with Gasteiger partial charge in [0.25, 0.3) is 0 Å².